The largest absolute Gasteiger partial charge is 0.353 e. The molecule has 0 aliphatic carbocycles. The molecule has 2 aliphatic heterocycles. The third-order valence-corrected chi connectivity index (χ3v) is 5.69. The van der Waals surface area contributed by atoms with Crippen LogP contribution in [-0.2, 0) is 4.79 Å². The Hall–Kier alpha value is -1.69. The second-order valence-electron chi connectivity index (χ2n) is 7.98. The van der Waals surface area contributed by atoms with Crippen molar-refractivity contribution in [2.75, 3.05) is 44.2 Å². The number of carbonyl (C=O) groups excluding carboxylic acids is 1. The van der Waals surface area contributed by atoms with Crippen LogP contribution in [0, 0.1) is 5.92 Å². The Morgan fingerprint density at radius 3 is 2.62 bits per heavy atom. The van der Waals surface area contributed by atoms with Gasteiger partial charge in [0.2, 0.25) is 5.91 Å². The topological polar surface area (TPSA) is 52.6 Å². The van der Waals surface area contributed by atoms with Crippen molar-refractivity contribution >= 4 is 11.7 Å². The first-order chi connectivity index (χ1) is 12.6. The van der Waals surface area contributed by atoms with E-state index in [1.165, 1.54) is 6.42 Å². The number of anilines is 1. The summed E-state index contributed by atoms with van der Waals surface area (Å²) >= 11 is 0. The van der Waals surface area contributed by atoms with Gasteiger partial charge in [0.25, 0.3) is 0 Å². The summed E-state index contributed by atoms with van der Waals surface area (Å²) in [5.41, 5.74) is 0. The number of hydrogen-bond acceptors (Lipinski definition) is 5. The van der Waals surface area contributed by atoms with Crippen LogP contribution >= 0.6 is 0 Å². The molecule has 1 aromatic rings. The van der Waals surface area contributed by atoms with Gasteiger partial charge in [0.1, 0.15) is 5.82 Å². The van der Waals surface area contributed by atoms with Crippen molar-refractivity contribution in [3.63, 3.8) is 0 Å². The molecule has 6 heteroatoms. The Morgan fingerprint density at radius 1 is 1.12 bits per heavy atom. The van der Waals surface area contributed by atoms with E-state index >= 15 is 0 Å². The first-order valence-electron chi connectivity index (χ1n) is 10.2. The molecule has 2 fully saturated rings. The summed E-state index contributed by atoms with van der Waals surface area (Å²) in [4.78, 5) is 28.0. The fourth-order valence-electron chi connectivity index (χ4n) is 4.08. The highest BCUT2D eigenvalue weighted by atomic mass is 16.2. The summed E-state index contributed by atoms with van der Waals surface area (Å²) < 4.78 is 0. The smallest absolute Gasteiger partial charge is 0.222 e. The summed E-state index contributed by atoms with van der Waals surface area (Å²) in [5.74, 6) is 2.05. The van der Waals surface area contributed by atoms with Gasteiger partial charge < -0.3 is 9.80 Å². The minimum Gasteiger partial charge on any atom is -0.353 e. The number of aromatic nitrogens is 2. The molecule has 1 atom stereocenters. The highest BCUT2D eigenvalue weighted by Crippen LogP contribution is 2.21. The van der Waals surface area contributed by atoms with Crippen molar-refractivity contribution in [1.29, 1.82) is 0 Å². The maximum Gasteiger partial charge on any atom is 0.222 e. The number of likely N-dealkylation sites (tertiary alicyclic amines) is 1. The molecule has 0 spiro atoms. The summed E-state index contributed by atoms with van der Waals surface area (Å²) in [7, 11) is 0. The van der Waals surface area contributed by atoms with E-state index in [0.717, 1.165) is 70.3 Å². The SMILES string of the molecule is CC(C)CCCN1CCC(N2CCN(c3cnccn3)CC2)CCC1=O. The monoisotopic (exact) mass is 359 g/mol. The number of nitrogens with zero attached hydrogens (tertiary/aromatic N) is 5. The molecule has 6 nitrogen and oxygen atoms in total. The van der Waals surface area contributed by atoms with Gasteiger partial charge in [0, 0.05) is 64.1 Å². The molecule has 3 rings (SSSR count). The van der Waals surface area contributed by atoms with Gasteiger partial charge in [-0.3, -0.25) is 14.7 Å². The van der Waals surface area contributed by atoms with E-state index < -0.39 is 0 Å². The van der Waals surface area contributed by atoms with Crippen molar-refractivity contribution in [2.24, 2.45) is 5.92 Å². The molecule has 0 saturated carbocycles. The molecular formula is C20H33N5O. The number of piperazine rings is 1. The molecular weight excluding hydrogens is 326 g/mol. The van der Waals surface area contributed by atoms with E-state index in [4.69, 9.17) is 0 Å². The zero-order valence-electron chi connectivity index (χ0n) is 16.3. The van der Waals surface area contributed by atoms with E-state index in [9.17, 15) is 4.79 Å². The molecule has 3 heterocycles. The summed E-state index contributed by atoms with van der Waals surface area (Å²) in [6, 6.07) is 0.540. The normalized spacial score (nSPS) is 22.7. The molecule has 2 aliphatic rings. The zero-order chi connectivity index (χ0) is 18.4. The van der Waals surface area contributed by atoms with Crippen molar-refractivity contribution < 1.29 is 4.79 Å². The predicted molar refractivity (Wildman–Crippen MR) is 104 cm³/mol. The van der Waals surface area contributed by atoms with E-state index in [1.54, 1.807) is 12.4 Å². The number of rotatable bonds is 6. The summed E-state index contributed by atoms with van der Waals surface area (Å²) in [6.07, 6.45) is 10.5. The lowest BCUT2D eigenvalue weighted by atomic mass is 10.1. The highest BCUT2D eigenvalue weighted by molar-refractivity contribution is 5.76. The Bertz CT molecular complexity index is 557. The van der Waals surface area contributed by atoms with Crippen LogP contribution in [0.1, 0.15) is 46.0 Å². The van der Waals surface area contributed by atoms with Crippen molar-refractivity contribution in [3.8, 4) is 0 Å². The fourth-order valence-corrected chi connectivity index (χ4v) is 4.08. The summed E-state index contributed by atoms with van der Waals surface area (Å²) in [6.45, 7) is 10.4. The van der Waals surface area contributed by atoms with Crippen LogP contribution in [-0.4, -0.2) is 71.0 Å². The standard InChI is InChI=1S/C20H33N5O/c1-17(2)4-3-10-25-11-7-18(5-6-20(25)26)23-12-14-24(15-13-23)19-16-21-8-9-22-19/h8-9,16-18H,3-7,10-15H2,1-2H3. The van der Waals surface area contributed by atoms with E-state index in [1.807, 2.05) is 6.20 Å². The maximum absolute atomic E-state index is 12.4. The maximum atomic E-state index is 12.4. The van der Waals surface area contributed by atoms with Gasteiger partial charge in [-0.25, -0.2) is 4.98 Å². The molecule has 0 bridgehead atoms. The lowest BCUT2D eigenvalue weighted by molar-refractivity contribution is -0.130. The van der Waals surface area contributed by atoms with E-state index in [2.05, 4.69) is 38.5 Å². The third-order valence-electron chi connectivity index (χ3n) is 5.69. The summed E-state index contributed by atoms with van der Waals surface area (Å²) in [5, 5.41) is 0. The second-order valence-corrected chi connectivity index (χ2v) is 7.98. The Morgan fingerprint density at radius 2 is 1.92 bits per heavy atom. The van der Waals surface area contributed by atoms with Gasteiger partial charge in [-0.1, -0.05) is 13.8 Å². The van der Waals surface area contributed by atoms with Crippen LogP contribution in [0.15, 0.2) is 18.6 Å². The van der Waals surface area contributed by atoms with Crippen LogP contribution in [0.4, 0.5) is 5.82 Å². The Kier molecular flexibility index (Phi) is 6.83. The van der Waals surface area contributed by atoms with Crippen LogP contribution in [0.2, 0.25) is 0 Å². The molecule has 2 saturated heterocycles. The average molecular weight is 360 g/mol. The highest BCUT2D eigenvalue weighted by Gasteiger charge is 2.28. The number of hydrogen-bond donors (Lipinski definition) is 0. The van der Waals surface area contributed by atoms with Gasteiger partial charge in [0.05, 0.1) is 6.20 Å². The third kappa shape index (κ3) is 5.16. The zero-order valence-corrected chi connectivity index (χ0v) is 16.3. The predicted octanol–water partition coefficient (Wildman–Crippen LogP) is 2.42. The lowest BCUT2D eigenvalue weighted by Crippen LogP contribution is -2.50. The van der Waals surface area contributed by atoms with E-state index in [0.29, 0.717) is 18.4 Å². The van der Waals surface area contributed by atoms with Gasteiger partial charge in [-0.2, -0.15) is 0 Å². The van der Waals surface area contributed by atoms with Crippen molar-refractivity contribution in [2.45, 2.75) is 52.0 Å². The van der Waals surface area contributed by atoms with Crippen LogP contribution in [0.5, 0.6) is 0 Å². The van der Waals surface area contributed by atoms with Gasteiger partial charge >= 0.3 is 0 Å². The lowest BCUT2D eigenvalue weighted by Gasteiger charge is -2.39. The second kappa shape index (κ2) is 9.31. The van der Waals surface area contributed by atoms with Gasteiger partial charge in [-0.15, -0.1) is 0 Å². The van der Waals surface area contributed by atoms with Crippen LogP contribution in [0.25, 0.3) is 0 Å². The van der Waals surface area contributed by atoms with E-state index in [-0.39, 0.29) is 0 Å². The molecule has 1 aromatic heterocycles. The van der Waals surface area contributed by atoms with Crippen LogP contribution < -0.4 is 4.90 Å². The Labute approximate surface area is 157 Å². The molecule has 1 amide bonds. The first kappa shape index (κ1) is 19.1. The minimum atomic E-state index is 0.356. The molecule has 0 N–H and O–H groups in total. The van der Waals surface area contributed by atoms with Gasteiger partial charge in [-0.05, 0) is 31.6 Å². The van der Waals surface area contributed by atoms with Crippen LogP contribution in [0.3, 0.4) is 0 Å². The molecule has 144 valence electrons. The van der Waals surface area contributed by atoms with Gasteiger partial charge in [0.15, 0.2) is 0 Å². The number of carbonyl (C=O) groups is 1. The van der Waals surface area contributed by atoms with Crippen molar-refractivity contribution in [3.05, 3.63) is 18.6 Å². The minimum absolute atomic E-state index is 0.356. The fraction of sp³-hybridized carbons (Fsp3) is 0.750. The first-order valence-corrected chi connectivity index (χ1v) is 10.2. The quantitative estimate of drug-likeness (QED) is 0.781. The molecule has 0 radical (unpaired) electrons. The number of amides is 1. The molecule has 0 aromatic carbocycles. The molecule has 26 heavy (non-hydrogen) atoms. The molecule has 1 unspecified atom stereocenters. The van der Waals surface area contributed by atoms with Crippen molar-refractivity contribution in [1.82, 2.24) is 19.8 Å². The average Bonchev–Trinajstić information content (AvgIpc) is 2.84. The Balaban J connectivity index is 1.46.